The zero-order valence-corrected chi connectivity index (χ0v) is 14.5. The van der Waals surface area contributed by atoms with E-state index in [1.807, 2.05) is 0 Å². The standard InChI is InChI=1S/C8H19N.C7H3ClF3NO2/c1-6-9(7(2)3)8(4)5;8-5-3(6(13)14)1-2-4(12-5)7(9,10)11/h7-8H,6H2,1-5H3;1-2H,(H,13,14). The third-order valence-electron chi connectivity index (χ3n) is 3.06. The lowest BCUT2D eigenvalue weighted by Gasteiger charge is -2.28. The van der Waals surface area contributed by atoms with Gasteiger partial charge in [0, 0.05) is 12.1 Å². The minimum absolute atomic E-state index is 0.459. The minimum Gasteiger partial charge on any atom is -0.478 e. The zero-order chi connectivity index (χ0) is 18.4. The molecule has 0 unspecified atom stereocenters. The Balaban J connectivity index is 0.000000468. The van der Waals surface area contributed by atoms with Crippen LogP contribution in [0.1, 0.15) is 50.7 Å². The summed E-state index contributed by atoms with van der Waals surface area (Å²) in [6.45, 7) is 12.3. The summed E-state index contributed by atoms with van der Waals surface area (Å²) >= 11 is 5.24. The summed E-state index contributed by atoms with van der Waals surface area (Å²) in [7, 11) is 0. The predicted molar refractivity (Wildman–Crippen MR) is 83.9 cm³/mol. The topological polar surface area (TPSA) is 53.4 Å². The number of carboxylic acid groups (broad SMARTS) is 1. The third-order valence-corrected chi connectivity index (χ3v) is 3.35. The first-order valence-corrected chi connectivity index (χ1v) is 7.52. The van der Waals surface area contributed by atoms with E-state index in [2.05, 4.69) is 44.5 Å². The fourth-order valence-corrected chi connectivity index (χ4v) is 2.31. The predicted octanol–water partition coefficient (Wildman–Crippen LogP) is 4.58. The smallest absolute Gasteiger partial charge is 0.433 e. The first-order valence-electron chi connectivity index (χ1n) is 7.14. The summed E-state index contributed by atoms with van der Waals surface area (Å²) in [4.78, 5) is 15.8. The Morgan fingerprint density at radius 2 is 1.74 bits per heavy atom. The molecule has 0 saturated carbocycles. The van der Waals surface area contributed by atoms with Crippen molar-refractivity contribution in [1.82, 2.24) is 9.88 Å². The van der Waals surface area contributed by atoms with Crippen LogP contribution >= 0.6 is 11.6 Å². The second kappa shape index (κ2) is 9.08. The molecule has 0 fully saturated rings. The maximum atomic E-state index is 12.0. The average Bonchev–Trinajstić information content (AvgIpc) is 2.37. The molecule has 1 heterocycles. The summed E-state index contributed by atoms with van der Waals surface area (Å²) in [5.41, 5.74) is -1.67. The third kappa shape index (κ3) is 7.18. The van der Waals surface area contributed by atoms with Gasteiger partial charge in [-0.2, -0.15) is 13.2 Å². The van der Waals surface area contributed by atoms with Crippen molar-refractivity contribution in [2.75, 3.05) is 6.54 Å². The molecular formula is C15H22ClF3N2O2. The maximum absolute atomic E-state index is 12.0. The van der Waals surface area contributed by atoms with Crippen LogP contribution in [0.3, 0.4) is 0 Å². The molecule has 1 aromatic rings. The van der Waals surface area contributed by atoms with Gasteiger partial charge in [-0.15, -0.1) is 0 Å². The summed E-state index contributed by atoms with van der Waals surface area (Å²) in [6.07, 6.45) is -4.62. The second-order valence-corrected chi connectivity index (χ2v) is 5.71. The van der Waals surface area contributed by atoms with Crippen molar-refractivity contribution in [2.24, 2.45) is 0 Å². The van der Waals surface area contributed by atoms with E-state index in [-0.39, 0.29) is 0 Å². The van der Waals surface area contributed by atoms with Crippen LogP contribution in [-0.2, 0) is 6.18 Å². The Morgan fingerprint density at radius 1 is 1.26 bits per heavy atom. The molecule has 0 amide bonds. The van der Waals surface area contributed by atoms with Gasteiger partial charge in [0.05, 0.1) is 5.56 Å². The lowest BCUT2D eigenvalue weighted by molar-refractivity contribution is -0.141. The van der Waals surface area contributed by atoms with E-state index in [9.17, 15) is 18.0 Å². The van der Waals surface area contributed by atoms with Crippen molar-refractivity contribution in [3.8, 4) is 0 Å². The Kier molecular flexibility index (Phi) is 8.55. The van der Waals surface area contributed by atoms with Crippen molar-refractivity contribution < 1.29 is 23.1 Å². The van der Waals surface area contributed by atoms with Crippen LogP contribution in [0.4, 0.5) is 13.2 Å². The SMILES string of the molecule is CCN(C(C)C)C(C)C.O=C(O)c1ccc(C(F)(F)F)nc1Cl. The van der Waals surface area contributed by atoms with E-state index in [0.717, 1.165) is 12.6 Å². The molecule has 23 heavy (non-hydrogen) atoms. The highest BCUT2D eigenvalue weighted by Crippen LogP contribution is 2.29. The zero-order valence-electron chi connectivity index (χ0n) is 13.8. The molecule has 1 rings (SSSR count). The van der Waals surface area contributed by atoms with Gasteiger partial charge in [0.2, 0.25) is 0 Å². The lowest BCUT2D eigenvalue weighted by Crippen LogP contribution is -2.36. The van der Waals surface area contributed by atoms with Crippen molar-refractivity contribution in [3.63, 3.8) is 0 Å². The molecule has 0 radical (unpaired) electrons. The van der Waals surface area contributed by atoms with Crippen LogP contribution in [-0.4, -0.2) is 39.6 Å². The molecule has 0 bridgehead atoms. The molecule has 0 aromatic carbocycles. The maximum Gasteiger partial charge on any atom is 0.433 e. The number of aromatic nitrogens is 1. The molecule has 4 nitrogen and oxygen atoms in total. The van der Waals surface area contributed by atoms with Crippen molar-refractivity contribution in [3.05, 3.63) is 28.5 Å². The molecule has 8 heteroatoms. The van der Waals surface area contributed by atoms with Gasteiger partial charge in [-0.1, -0.05) is 18.5 Å². The van der Waals surface area contributed by atoms with Gasteiger partial charge in [-0.25, -0.2) is 9.78 Å². The molecule has 0 spiro atoms. The Morgan fingerprint density at radius 3 is 1.96 bits per heavy atom. The van der Waals surface area contributed by atoms with Crippen LogP contribution in [0, 0.1) is 0 Å². The molecular weight excluding hydrogens is 333 g/mol. The molecule has 1 N–H and O–H groups in total. The van der Waals surface area contributed by atoms with Crippen LogP contribution in [0.2, 0.25) is 5.15 Å². The number of carboxylic acids is 1. The van der Waals surface area contributed by atoms with Crippen molar-refractivity contribution in [2.45, 2.75) is 52.9 Å². The molecule has 132 valence electrons. The van der Waals surface area contributed by atoms with E-state index >= 15 is 0 Å². The highest BCUT2D eigenvalue weighted by atomic mass is 35.5. The molecule has 0 aliphatic heterocycles. The van der Waals surface area contributed by atoms with Gasteiger partial charge in [0.15, 0.2) is 0 Å². The first-order chi connectivity index (χ1) is 10.4. The number of hydrogen-bond acceptors (Lipinski definition) is 3. The molecule has 0 aliphatic carbocycles. The summed E-state index contributed by atoms with van der Waals surface area (Å²) < 4.78 is 36.1. The largest absolute Gasteiger partial charge is 0.478 e. The van der Waals surface area contributed by atoms with Crippen LogP contribution < -0.4 is 0 Å². The number of alkyl halides is 3. The monoisotopic (exact) mass is 354 g/mol. The van der Waals surface area contributed by atoms with E-state index in [1.165, 1.54) is 0 Å². The van der Waals surface area contributed by atoms with Crippen LogP contribution in [0.25, 0.3) is 0 Å². The van der Waals surface area contributed by atoms with Crippen LogP contribution in [0.15, 0.2) is 12.1 Å². The quantitative estimate of drug-likeness (QED) is 0.804. The first kappa shape index (κ1) is 21.7. The number of aromatic carboxylic acids is 1. The van der Waals surface area contributed by atoms with Gasteiger partial charge in [0.1, 0.15) is 10.8 Å². The normalized spacial score (nSPS) is 11.7. The number of rotatable bonds is 4. The van der Waals surface area contributed by atoms with Crippen molar-refractivity contribution in [1.29, 1.82) is 0 Å². The molecule has 1 aromatic heterocycles. The van der Waals surface area contributed by atoms with Crippen molar-refractivity contribution >= 4 is 17.6 Å². The Labute approximate surface area is 139 Å². The Hall–Kier alpha value is -1.34. The van der Waals surface area contributed by atoms with E-state index in [1.54, 1.807) is 0 Å². The highest BCUT2D eigenvalue weighted by Gasteiger charge is 2.33. The van der Waals surface area contributed by atoms with Gasteiger partial charge in [0.25, 0.3) is 0 Å². The number of nitrogens with zero attached hydrogens (tertiary/aromatic N) is 2. The summed E-state index contributed by atoms with van der Waals surface area (Å²) in [6, 6.07) is 2.71. The van der Waals surface area contributed by atoms with E-state index < -0.39 is 28.6 Å². The number of pyridine rings is 1. The average molecular weight is 355 g/mol. The molecule has 0 atom stereocenters. The summed E-state index contributed by atoms with van der Waals surface area (Å²) in [5, 5.41) is 7.78. The second-order valence-electron chi connectivity index (χ2n) is 5.36. The lowest BCUT2D eigenvalue weighted by atomic mass is 10.2. The van der Waals surface area contributed by atoms with Gasteiger partial charge < -0.3 is 5.11 Å². The molecule has 0 aliphatic rings. The fraction of sp³-hybridized carbons (Fsp3) is 0.600. The van der Waals surface area contributed by atoms with Gasteiger partial charge in [-0.05, 0) is 46.4 Å². The molecule has 0 saturated heterocycles. The number of halogens is 4. The van der Waals surface area contributed by atoms with E-state index in [0.29, 0.717) is 18.2 Å². The van der Waals surface area contributed by atoms with Crippen LogP contribution in [0.5, 0.6) is 0 Å². The van der Waals surface area contributed by atoms with Gasteiger partial charge >= 0.3 is 12.1 Å². The Bertz CT molecular complexity index is 512. The number of hydrogen-bond donors (Lipinski definition) is 1. The van der Waals surface area contributed by atoms with Gasteiger partial charge in [-0.3, -0.25) is 4.90 Å². The number of carbonyl (C=O) groups is 1. The fourth-order valence-electron chi connectivity index (χ4n) is 2.08. The minimum atomic E-state index is -4.62. The highest BCUT2D eigenvalue weighted by molar-refractivity contribution is 6.32. The van der Waals surface area contributed by atoms with E-state index in [4.69, 9.17) is 16.7 Å². The summed E-state index contributed by atoms with van der Waals surface area (Å²) in [5.74, 6) is -1.42.